The summed E-state index contributed by atoms with van der Waals surface area (Å²) in [5.74, 6) is 0. The second kappa shape index (κ2) is 10.3. The highest BCUT2D eigenvalue weighted by Gasteiger charge is 2.09. The number of hydrogen-bond acceptors (Lipinski definition) is 4. The molecule has 0 bridgehead atoms. The van der Waals surface area contributed by atoms with E-state index in [1.807, 2.05) is 62.4 Å². The molecule has 0 aliphatic carbocycles. The molecule has 2 aromatic rings. The smallest absolute Gasteiger partial charge is 0.154 e. The molecule has 2 atom stereocenters. The van der Waals surface area contributed by atoms with Gasteiger partial charge < -0.3 is 19.7 Å². The fourth-order valence-corrected chi connectivity index (χ4v) is 2.39. The van der Waals surface area contributed by atoms with Crippen LogP contribution >= 0.6 is 0 Å². The Bertz CT molecular complexity index is 551. The molecule has 0 saturated carbocycles. The Morgan fingerprint density at radius 2 is 1.04 bits per heavy atom. The molecule has 25 heavy (non-hydrogen) atoms. The van der Waals surface area contributed by atoms with Crippen molar-refractivity contribution in [3.05, 3.63) is 70.8 Å². The van der Waals surface area contributed by atoms with E-state index in [4.69, 9.17) is 9.47 Å². The minimum Gasteiger partial charge on any atom is -0.368 e. The first-order chi connectivity index (χ1) is 12.0. The zero-order valence-corrected chi connectivity index (χ0v) is 15.0. The summed E-state index contributed by atoms with van der Waals surface area (Å²) in [6.45, 7) is 4.83. The van der Waals surface area contributed by atoms with Gasteiger partial charge >= 0.3 is 0 Å². The molecule has 4 nitrogen and oxygen atoms in total. The second-order valence-electron chi connectivity index (χ2n) is 6.43. The normalized spacial score (nSPS) is 13.6. The molecule has 2 rings (SSSR count). The minimum atomic E-state index is -0.828. The van der Waals surface area contributed by atoms with Gasteiger partial charge in [-0.1, -0.05) is 59.7 Å². The lowest BCUT2D eigenvalue weighted by Gasteiger charge is -2.15. The monoisotopic (exact) mass is 344 g/mol. The molecule has 0 saturated heterocycles. The molecule has 0 fully saturated rings. The summed E-state index contributed by atoms with van der Waals surface area (Å²) in [7, 11) is 0. The lowest BCUT2D eigenvalue weighted by atomic mass is 10.1. The van der Waals surface area contributed by atoms with Crippen molar-refractivity contribution in [2.24, 2.45) is 0 Å². The molecule has 0 aliphatic rings. The van der Waals surface area contributed by atoms with Crippen LogP contribution in [0.5, 0.6) is 0 Å². The SMILES string of the molecule is Cc1ccc(COC(O)CCCC(O)OCc2ccc(C)cc2)cc1. The topological polar surface area (TPSA) is 58.9 Å². The Balaban J connectivity index is 1.57. The summed E-state index contributed by atoms with van der Waals surface area (Å²) in [5.41, 5.74) is 4.46. The van der Waals surface area contributed by atoms with Gasteiger partial charge in [-0.3, -0.25) is 0 Å². The van der Waals surface area contributed by atoms with Crippen molar-refractivity contribution in [1.29, 1.82) is 0 Å². The molecule has 0 heterocycles. The maximum Gasteiger partial charge on any atom is 0.154 e. The zero-order valence-electron chi connectivity index (χ0n) is 15.0. The molecule has 2 aromatic carbocycles. The third-order valence-electron chi connectivity index (χ3n) is 4.03. The van der Waals surface area contributed by atoms with Crippen molar-refractivity contribution in [3.8, 4) is 0 Å². The van der Waals surface area contributed by atoms with Gasteiger partial charge in [-0.25, -0.2) is 0 Å². The minimum absolute atomic E-state index is 0.383. The van der Waals surface area contributed by atoms with E-state index in [-0.39, 0.29) is 0 Å². The maximum atomic E-state index is 9.87. The van der Waals surface area contributed by atoms with Gasteiger partial charge in [0.2, 0.25) is 0 Å². The van der Waals surface area contributed by atoms with E-state index in [2.05, 4.69) is 0 Å². The fraction of sp³-hybridized carbons (Fsp3) is 0.429. The van der Waals surface area contributed by atoms with E-state index in [1.54, 1.807) is 0 Å². The van der Waals surface area contributed by atoms with Crippen molar-refractivity contribution in [3.63, 3.8) is 0 Å². The van der Waals surface area contributed by atoms with Crippen LogP contribution in [0.4, 0.5) is 0 Å². The van der Waals surface area contributed by atoms with Gasteiger partial charge in [0.15, 0.2) is 12.6 Å². The summed E-state index contributed by atoms with van der Waals surface area (Å²) >= 11 is 0. The highest BCUT2D eigenvalue weighted by molar-refractivity contribution is 5.21. The van der Waals surface area contributed by atoms with Crippen LogP contribution in [-0.4, -0.2) is 22.8 Å². The van der Waals surface area contributed by atoms with Crippen molar-refractivity contribution >= 4 is 0 Å². The fourth-order valence-electron chi connectivity index (χ4n) is 2.39. The third kappa shape index (κ3) is 7.80. The molecule has 0 amide bonds. The first-order valence-electron chi connectivity index (χ1n) is 8.73. The second-order valence-corrected chi connectivity index (χ2v) is 6.43. The summed E-state index contributed by atoms with van der Waals surface area (Å²) < 4.78 is 10.8. The zero-order chi connectivity index (χ0) is 18.1. The van der Waals surface area contributed by atoms with Crippen LogP contribution in [0.1, 0.15) is 41.5 Å². The van der Waals surface area contributed by atoms with E-state index in [0.29, 0.717) is 32.5 Å². The molecule has 2 unspecified atom stereocenters. The third-order valence-corrected chi connectivity index (χ3v) is 4.03. The Labute approximate surface area is 150 Å². The molecule has 136 valence electrons. The highest BCUT2D eigenvalue weighted by atomic mass is 16.6. The Hall–Kier alpha value is -1.72. The standard InChI is InChI=1S/C21H28O4/c1-16-6-10-18(11-7-16)14-24-20(22)4-3-5-21(23)25-15-19-12-8-17(2)9-13-19/h6-13,20-23H,3-5,14-15H2,1-2H3. The first kappa shape index (κ1) is 19.6. The summed E-state index contributed by atoms with van der Waals surface area (Å²) in [5, 5.41) is 19.7. The average Bonchev–Trinajstić information content (AvgIpc) is 2.61. The van der Waals surface area contributed by atoms with Crippen LogP contribution in [0.3, 0.4) is 0 Å². The Morgan fingerprint density at radius 3 is 1.40 bits per heavy atom. The number of benzene rings is 2. The number of ether oxygens (including phenoxy) is 2. The van der Waals surface area contributed by atoms with Crippen LogP contribution in [0.2, 0.25) is 0 Å². The predicted octanol–water partition coefficient (Wildman–Crippen LogP) is 3.84. The largest absolute Gasteiger partial charge is 0.368 e. The quantitative estimate of drug-likeness (QED) is 0.643. The number of hydrogen-bond donors (Lipinski definition) is 2. The van der Waals surface area contributed by atoms with Gasteiger partial charge in [0.05, 0.1) is 13.2 Å². The van der Waals surface area contributed by atoms with E-state index >= 15 is 0 Å². The van der Waals surface area contributed by atoms with Gasteiger partial charge in [0.1, 0.15) is 0 Å². The van der Waals surface area contributed by atoms with E-state index in [1.165, 1.54) is 11.1 Å². The van der Waals surface area contributed by atoms with Gasteiger partial charge in [0.25, 0.3) is 0 Å². The number of aliphatic hydroxyl groups is 2. The van der Waals surface area contributed by atoms with Crippen LogP contribution in [0.15, 0.2) is 48.5 Å². The summed E-state index contributed by atoms with van der Waals surface area (Å²) in [4.78, 5) is 0. The van der Waals surface area contributed by atoms with Crippen molar-refractivity contribution < 1.29 is 19.7 Å². The van der Waals surface area contributed by atoms with E-state index < -0.39 is 12.6 Å². The molecule has 0 aliphatic heterocycles. The first-order valence-corrected chi connectivity index (χ1v) is 8.73. The number of aliphatic hydroxyl groups excluding tert-OH is 2. The van der Waals surface area contributed by atoms with Gasteiger partial charge in [-0.15, -0.1) is 0 Å². The van der Waals surface area contributed by atoms with Crippen LogP contribution < -0.4 is 0 Å². The molecule has 0 aromatic heterocycles. The number of aryl methyl sites for hydroxylation is 2. The van der Waals surface area contributed by atoms with Crippen molar-refractivity contribution in [2.75, 3.05) is 0 Å². The lowest BCUT2D eigenvalue weighted by molar-refractivity contribution is -0.129. The summed E-state index contributed by atoms with van der Waals surface area (Å²) in [6, 6.07) is 16.0. The summed E-state index contributed by atoms with van der Waals surface area (Å²) in [6.07, 6.45) is -0.0891. The lowest BCUT2D eigenvalue weighted by Crippen LogP contribution is -2.15. The average molecular weight is 344 g/mol. The molecule has 2 N–H and O–H groups in total. The Kier molecular flexibility index (Phi) is 8.09. The maximum absolute atomic E-state index is 9.87. The molecule has 4 heteroatoms. The molecule has 0 radical (unpaired) electrons. The van der Waals surface area contributed by atoms with Crippen molar-refractivity contribution in [2.45, 2.75) is 58.9 Å². The highest BCUT2D eigenvalue weighted by Crippen LogP contribution is 2.12. The van der Waals surface area contributed by atoms with Crippen LogP contribution in [0, 0.1) is 13.8 Å². The van der Waals surface area contributed by atoms with E-state index in [9.17, 15) is 10.2 Å². The van der Waals surface area contributed by atoms with Crippen LogP contribution in [-0.2, 0) is 22.7 Å². The molecular formula is C21H28O4. The predicted molar refractivity (Wildman–Crippen MR) is 97.8 cm³/mol. The van der Waals surface area contributed by atoms with Gasteiger partial charge in [-0.05, 0) is 44.2 Å². The van der Waals surface area contributed by atoms with Gasteiger partial charge in [-0.2, -0.15) is 0 Å². The molecule has 0 spiro atoms. The van der Waals surface area contributed by atoms with E-state index in [0.717, 1.165) is 11.1 Å². The van der Waals surface area contributed by atoms with Gasteiger partial charge in [0, 0.05) is 0 Å². The molecular weight excluding hydrogens is 316 g/mol. The number of rotatable bonds is 10. The Morgan fingerprint density at radius 1 is 0.680 bits per heavy atom. The van der Waals surface area contributed by atoms with Crippen LogP contribution in [0.25, 0.3) is 0 Å². The van der Waals surface area contributed by atoms with Crippen molar-refractivity contribution in [1.82, 2.24) is 0 Å².